The highest BCUT2D eigenvalue weighted by atomic mass is 16.1. The fourth-order valence-corrected chi connectivity index (χ4v) is 2.27. The van der Waals surface area contributed by atoms with E-state index in [1.54, 1.807) is 0 Å². The number of nitrogens with two attached hydrogens (primary N) is 1. The van der Waals surface area contributed by atoms with Gasteiger partial charge in [0.05, 0.1) is 6.54 Å². The van der Waals surface area contributed by atoms with Gasteiger partial charge in [0, 0.05) is 5.92 Å². The molecule has 0 atom stereocenters. The Kier molecular flexibility index (Phi) is 3.91. The number of Topliss-reactive ketones (excluding diaryl/α,β-unsaturated/α-hetero) is 1. The van der Waals surface area contributed by atoms with Crippen LogP contribution in [0, 0.1) is 17.8 Å². The van der Waals surface area contributed by atoms with E-state index in [1.807, 2.05) is 0 Å². The Morgan fingerprint density at radius 1 is 1.31 bits per heavy atom. The van der Waals surface area contributed by atoms with Crippen LogP contribution in [0.5, 0.6) is 0 Å². The van der Waals surface area contributed by atoms with Crippen molar-refractivity contribution in [1.29, 1.82) is 0 Å². The lowest BCUT2D eigenvalue weighted by molar-refractivity contribution is -0.122. The average molecular weight is 183 g/mol. The summed E-state index contributed by atoms with van der Waals surface area (Å²) in [6.07, 6.45) is 4.57. The van der Waals surface area contributed by atoms with E-state index < -0.39 is 0 Å². The molecule has 0 aromatic carbocycles. The van der Waals surface area contributed by atoms with Crippen molar-refractivity contribution in [3.8, 4) is 0 Å². The number of hydrogen-bond acceptors (Lipinski definition) is 2. The molecule has 13 heavy (non-hydrogen) atoms. The summed E-state index contributed by atoms with van der Waals surface area (Å²) in [5, 5.41) is 0. The third-order valence-electron chi connectivity index (χ3n) is 3.37. The third-order valence-corrected chi connectivity index (χ3v) is 3.37. The van der Waals surface area contributed by atoms with Gasteiger partial charge in [0.25, 0.3) is 0 Å². The van der Waals surface area contributed by atoms with Crippen molar-refractivity contribution >= 4 is 5.78 Å². The van der Waals surface area contributed by atoms with Crippen LogP contribution in [0.25, 0.3) is 0 Å². The molecule has 0 aliphatic heterocycles. The Hall–Kier alpha value is -0.370. The van der Waals surface area contributed by atoms with Crippen LogP contribution in [-0.4, -0.2) is 12.3 Å². The van der Waals surface area contributed by atoms with Gasteiger partial charge in [-0.05, 0) is 37.5 Å². The monoisotopic (exact) mass is 183 g/mol. The lowest BCUT2D eigenvalue weighted by Crippen LogP contribution is -2.28. The van der Waals surface area contributed by atoms with Gasteiger partial charge in [0.2, 0.25) is 0 Å². The summed E-state index contributed by atoms with van der Waals surface area (Å²) in [5.41, 5.74) is 5.35. The number of ketones is 1. The second-order valence-corrected chi connectivity index (χ2v) is 4.53. The summed E-state index contributed by atoms with van der Waals surface area (Å²) in [5.74, 6) is 2.15. The van der Waals surface area contributed by atoms with E-state index in [-0.39, 0.29) is 18.2 Å². The Morgan fingerprint density at radius 3 is 2.23 bits per heavy atom. The zero-order valence-corrected chi connectivity index (χ0v) is 8.75. The Morgan fingerprint density at radius 2 is 1.85 bits per heavy atom. The molecule has 1 fully saturated rings. The molecule has 1 aliphatic carbocycles. The fourth-order valence-electron chi connectivity index (χ4n) is 2.27. The fraction of sp³-hybridized carbons (Fsp3) is 0.909. The highest BCUT2D eigenvalue weighted by Gasteiger charge is 2.26. The summed E-state index contributed by atoms with van der Waals surface area (Å²) in [7, 11) is 0. The largest absolute Gasteiger partial charge is 0.324 e. The van der Waals surface area contributed by atoms with Gasteiger partial charge >= 0.3 is 0 Å². The summed E-state index contributed by atoms with van der Waals surface area (Å²) in [6.45, 7) is 4.78. The van der Waals surface area contributed by atoms with Crippen molar-refractivity contribution < 1.29 is 4.79 Å². The standard InChI is InChI=1S/C11H21NO/c1-8(2)9-3-5-10(6-4-9)11(13)7-12/h8-10H,3-7,12H2,1-2H3. The summed E-state index contributed by atoms with van der Waals surface area (Å²) in [4.78, 5) is 11.3. The molecule has 0 heterocycles. The second-order valence-electron chi connectivity index (χ2n) is 4.53. The Labute approximate surface area is 80.9 Å². The lowest BCUT2D eigenvalue weighted by Gasteiger charge is -2.29. The molecular formula is C11H21NO. The highest BCUT2D eigenvalue weighted by Crippen LogP contribution is 2.33. The van der Waals surface area contributed by atoms with Crippen LogP contribution in [0.3, 0.4) is 0 Å². The SMILES string of the molecule is CC(C)C1CCC(C(=O)CN)CC1. The Bertz CT molecular complexity index is 169. The lowest BCUT2D eigenvalue weighted by atomic mass is 9.76. The number of hydrogen-bond donors (Lipinski definition) is 1. The van der Waals surface area contributed by atoms with Gasteiger partial charge in [-0.3, -0.25) is 4.79 Å². The van der Waals surface area contributed by atoms with Crippen molar-refractivity contribution in [2.24, 2.45) is 23.5 Å². The Balaban J connectivity index is 2.34. The van der Waals surface area contributed by atoms with Gasteiger partial charge in [-0.1, -0.05) is 13.8 Å². The van der Waals surface area contributed by atoms with Crippen LogP contribution in [0.2, 0.25) is 0 Å². The molecule has 1 aliphatic rings. The first-order valence-electron chi connectivity index (χ1n) is 5.38. The average Bonchev–Trinajstić information content (AvgIpc) is 2.17. The van der Waals surface area contributed by atoms with E-state index in [0.717, 1.165) is 24.7 Å². The van der Waals surface area contributed by atoms with Gasteiger partial charge in [0.1, 0.15) is 5.78 Å². The van der Waals surface area contributed by atoms with Crippen LogP contribution in [0.15, 0.2) is 0 Å². The summed E-state index contributed by atoms with van der Waals surface area (Å²) >= 11 is 0. The van der Waals surface area contributed by atoms with Gasteiger partial charge in [0.15, 0.2) is 0 Å². The molecule has 1 rings (SSSR count). The summed E-state index contributed by atoms with van der Waals surface area (Å²) < 4.78 is 0. The van der Waals surface area contributed by atoms with Gasteiger partial charge in [-0.15, -0.1) is 0 Å². The van der Waals surface area contributed by atoms with E-state index in [1.165, 1.54) is 12.8 Å². The highest BCUT2D eigenvalue weighted by molar-refractivity contribution is 5.82. The molecule has 0 amide bonds. The molecule has 0 bridgehead atoms. The second kappa shape index (κ2) is 4.75. The first kappa shape index (κ1) is 10.7. The predicted octanol–water partition coefficient (Wildman–Crippen LogP) is 1.98. The van der Waals surface area contributed by atoms with Crippen molar-refractivity contribution in [2.45, 2.75) is 39.5 Å². The molecule has 0 aromatic rings. The van der Waals surface area contributed by atoms with Crippen LogP contribution in [0.1, 0.15) is 39.5 Å². The quantitative estimate of drug-likeness (QED) is 0.727. The molecular weight excluding hydrogens is 162 g/mol. The maximum absolute atomic E-state index is 11.3. The summed E-state index contributed by atoms with van der Waals surface area (Å²) in [6, 6.07) is 0. The molecule has 0 saturated heterocycles. The minimum Gasteiger partial charge on any atom is -0.324 e. The number of rotatable bonds is 3. The predicted molar refractivity (Wildman–Crippen MR) is 54.3 cm³/mol. The van der Waals surface area contributed by atoms with E-state index in [0.29, 0.717) is 0 Å². The minimum atomic E-state index is 0.233. The molecule has 0 aromatic heterocycles. The van der Waals surface area contributed by atoms with E-state index >= 15 is 0 Å². The van der Waals surface area contributed by atoms with Crippen molar-refractivity contribution in [1.82, 2.24) is 0 Å². The molecule has 0 radical (unpaired) electrons. The molecule has 1 saturated carbocycles. The minimum absolute atomic E-state index is 0.233. The third kappa shape index (κ3) is 2.80. The van der Waals surface area contributed by atoms with Crippen LogP contribution in [0.4, 0.5) is 0 Å². The topological polar surface area (TPSA) is 43.1 Å². The van der Waals surface area contributed by atoms with Crippen molar-refractivity contribution in [2.75, 3.05) is 6.54 Å². The normalized spacial score (nSPS) is 29.2. The van der Waals surface area contributed by atoms with E-state index in [9.17, 15) is 4.79 Å². The van der Waals surface area contributed by atoms with Gasteiger partial charge < -0.3 is 5.73 Å². The maximum atomic E-state index is 11.3. The van der Waals surface area contributed by atoms with Crippen molar-refractivity contribution in [3.05, 3.63) is 0 Å². The molecule has 76 valence electrons. The zero-order chi connectivity index (χ0) is 9.84. The van der Waals surface area contributed by atoms with Crippen LogP contribution >= 0.6 is 0 Å². The van der Waals surface area contributed by atoms with Gasteiger partial charge in [-0.25, -0.2) is 0 Å². The van der Waals surface area contributed by atoms with Gasteiger partial charge in [-0.2, -0.15) is 0 Å². The molecule has 0 spiro atoms. The number of carbonyl (C=O) groups excluding carboxylic acids is 1. The van der Waals surface area contributed by atoms with E-state index in [2.05, 4.69) is 13.8 Å². The van der Waals surface area contributed by atoms with Crippen LogP contribution in [-0.2, 0) is 4.79 Å². The van der Waals surface area contributed by atoms with Crippen molar-refractivity contribution in [3.63, 3.8) is 0 Å². The first-order chi connectivity index (χ1) is 6.15. The molecule has 2 heteroatoms. The zero-order valence-electron chi connectivity index (χ0n) is 8.75. The molecule has 2 N–H and O–H groups in total. The number of carbonyl (C=O) groups is 1. The van der Waals surface area contributed by atoms with Crippen LogP contribution < -0.4 is 5.73 Å². The molecule has 0 unspecified atom stereocenters. The maximum Gasteiger partial charge on any atom is 0.149 e. The first-order valence-corrected chi connectivity index (χ1v) is 5.38. The van der Waals surface area contributed by atoms with E-state index in [4.69, 9.17) is 5.73 Å². The molecule has 2 nitrogen and oxygen atoms in total. The smallest absolute Gasteiger partial charge is 0.149 e.